The van der Waals surface area contributed by atoms with Gasteiger partial charge in [0.15, 0.2) is 0 Å². The molecule has 1 amide bonds. The maximum atomic E-state index is 12.9. The fourth-order valence-electron chi connectivity index (χ4n) is 5.84. The second-order valence-electron chi connectivity index (χ2n) is 6.91. The van der Waals surface area contributed by atoms with E-state index < -0.39 is 5.41 Å². The number of carbonyl (C=O) groups excluding carboxylic acids is 2. The van der Waals surface area contributed by atoms with E-state index >= 15 is 0 Å². The predicted molar refractivity (Wildman–Crippen MR) is 74.6 cm³/mol. The Labute approximate surface area is 121 Å². The summed E-state index contributed by atoms with van der Waals surface area (Å²) >= 11 is 3.57. The van der Waals surface area contributed by atoms with Gasteiger partial charge in [0, 0.05) is 25.3 Å². The first-order valence-corrected chi connectivity index (χ1v) is 8.09. The van der Waals surface area contributed by atoms with E-state index in [-0.39, 0.29) is 17.7 Å². The zero-order valence-corrected chi connectivity index (χ0v) is 12.8. The number of fused-ring (bicyclic) bond motifs is 2. The summed E-state index contributed by atoms with van der Waals surface area (Å²) in [6.07, 6.45) is 1.05. The topological polar surface area (TPSA) is 37.4 Å². The SMILES string of the molecule is C=C1C2C(=O)C3(CBr)C4CC(C1C24)C3C(=O)N(C)C. The van der Waals surface area contributed by atoms with Crippen molar-refractivity contribution in [2.45, 2.75) is 6.42 Å². The highest BCUT2D eigenvalue weighted by Gasteiger charge is 2.81. The number of carbonyl (C=O) groups is 2. The molecule has 19 heavy (non-hydrogen) atoms. The first-order chi connectivity index (χ1) is 8.96. The van der Waals surface area contributed by atoms with E-state index in [1.807, 2.05) is 0 Å². The number of hydrogen-bond acceptors (Lipinski definition) is 2. The Kier molecular flexibility index (Phi) is 2.12. The highest BCUT2D eigenvalue weighted by atomic mass is 79.9. The molecule has 0 heterocycles. The lowest BCUT2D eigenvalue weighted by molar-refractivity contribution is -0.144. The molecule has 0 saturated heterocycles. The quantitative estimate of drug-likeness (QED) is 0.573. The molecule has 0 N–H and O–H groups in total. The van der Waals surface area contributed by atoms with Crippen LogP contribution in [0.15, 0.2) is 12.2 Å². The smallest absolute Gasteiger partial charge is 0.226 e. The van der Waals surface area contributed by atoms with Gasteiger partial charge in [0.2, 0.25) is 5.91 Å². The molecule has 102 valence electrons. The number of ketones is 1. The van der Waals surface area contributed by atoms with E-state index in [2.05, 4.69) is 22.5 Å². The molecule has 0 aromatic heterocycles. The number of allylic oxidation sites excluding steroid dienone is 1. The van der Waals surface area contributed by atoms with Crippen molar-refractivity contribution in [2.75, 3.05) is 19.4 Å². The Bertz CT molecular complexity index is 528. The van der Waals surface area contributed by atoms with E-state index in [0.29, 0.717) is 34.8 Å². The van der Waals surface area contributed by atoms with Gasteiger partial charge in [0.05, 0.1) is 11.3 Å². The van der Waals surface area contributed by atoms with Crippen LogP contribution in [0.25, 0.3) is 0 Å². The number of nitrogens with zero attached hydrogens (tertiary/aromatic N) is 1. The maximum Gasteiger partial charge on any atom is 0.226 e. The van der Waals surface area contributed by atoms with Crippen molar-refractivity contribution in [3.8, 4) is 0 Å². The zero-order valence-electron chi connectivity index (χ0n) is 11.2. The Hall–Kier alpha value is -0.640. The van der Waals surface area contributed by atoms with Gasteiger partial charge < -0.3 is 4.90 Å². The van der Waals surface area contributed by atoms with Gasteiger partial charge in [-0.05, 0) is 30.1 Å². The normalized spacial score (nSPS) is 52.6. The van der Waals surface area contributed by atoms with Gasteiger partial charge in [-0.2, -0.15) is 0 Å². The third-order valence-corrected chi connectivity index (χ3v) is 7.32. The van der Waals surface area contributed by atoms with Gasteiger partial charge >= 0.3 is 0 Å². The average Bonchev–Trinajstić information content (AvgIpc) is 2.87. The van der Waals surface area contributed by atoms with Crippen molar-refractivity contribution in [1.29, 1.82) is 0 Å². The van der Waals surface area contributed by atoms with Crippen molar-refractivity contribution in [3.05, 3.63) is 12.2 Å². The molecule has 4 fully saturated rings. The van der Waals surface area contributed by atoms with Crippen LogP contribution in [0.3, 0.4) is 0 Å². The van der Waals surface area contributed by atoms with Gasteiger partial charge in [-0.15, -0.1) is 0 Å². The van der Waals surface area contributed by atoms with Crippen LogP contribution >= 0.6 is 15.9 Å². The van der Waals surface area contributed by atoms with E-state index in [9.17, 15) is 9.59 Å². The van der Waals surface area contributed by atoms with Crippen LogP contribution in [0.1, 0.15) is 6.42 Å². The molecule has 0 aromatic rings. The van der Waals surface area contributed by atoms with Crippen molar-refractivity contribution < 1.29 is 9.59 Å². The fourth-order valence-corrected chi connectivity index (χ4v) is 6.88. The summed E-state index contributed by atoms with van der Waals surface area (Å²) in [4.78, 5) is 27.2. The van der Waals surface area contributed by atoms with Gasteiger partial charge in [0.1, 0.15) is 5.78 Å². The molecular weight excluding hydrogens is 306 g/mol. The van der Waals surface area contributed by atoms with E-state index in [1.54, 1.807) is 19.0 Å². The standard InChI is InChI=1S/C15H18BrNO2/c1-6-9-7-4-8-11(9)10(6)13(18)15(8,5-16)12(7)14(19)17(2)3/h7-12H,1,4-5H2,2-3H3. The summed E-state index contributed by atoms with van der Waals surface area (Å²) in [6, 6.07) is 0. The summed E-state index contributed by atoms with van der Waals surface area (Å²) in [6.45, 7) is 4.15. The molecule has 4 aliphatic carbocycles. The van der Waals surface area contributed by atoms with Crippen molar-refractivity contribution >= 4 is 27.6 Å². The lowest BCUT2D eigenvalue weighted by Crippen LogP contribution is -2.50. The van der Waals surface area contributed by atoms with Crippen LogP contribution in [0, 0.1) is 40.9 Å². The highest BCUT2D eigenvalue weighted by molar-refractivity contribution is 9.09. The number of rotatable bonds is 2. The van der Waals surface area contributed by atoms with Gasteiger partial charge in [0.25, 0.3) is 0 Å². The number of alkyl halides is 1. The molecule has 0 aromatic carbocycles. The van der Waals surface area contributed by atoms with Crippen LogP contribution in [0.5, 0.6) is 0 Å². The first kappa shape index (κ1) is 12.1. The number of Topliss-reactive ketones (excluding diaryl/α,β-unsaturated/α-hetero) is 1. The molecule has 7 unspecified atom stereocenters. The summed E-state index contributed by atoms with van der Waals surface area (Å²) in [7, 11) is 3.60. The Morgan fingerprint density at radius 3 is 2.79 bits per heavy atom. The van der Waals surface area contributed by atoms with Crippen LogP contribution < -0.4 is 0 Å². The van der Waals surface area contributed by atoms with Crippen LogP contribution in [0.2, 0.25) is 0 Å². The van der Waals surface area contributed by atoms with E-state index in [4.69, 9.17) is 0 Å². The van der Waals surface area contributed by atoms with Gasteiger partial charge in [-0.3, -0.25) is 9.59 Å². The second kappa shape index (κ2) is 3.33. The Morgan fingerprint density at radius 1 is 1.53 bits per heavy atom. The Morgan fingerprint density at radius 2 is 2.21 bits per heavy atom. The molecule has 4 saturated carbocycles. The summed E-state index contributed by atoms with van der Waals surface area (Å²) in [5, 5.41) is 0.636. The molecule has 0 aliphatic heterocycles. The third kappa shape index (κ3) is 0.989. The summed E-state index contributed by atoms with van der Waals surface area (Å²) < 4.78 is 0. The van der Waals surface area contributed by atoms with Crippen molar-refractivity contribution in [3.63, 3.8) is 0 Å². The number of amides is 1. The molecule has 7 atom stereocenters. The van der Waals surface area contributed by atoms with Crippen molar-refractivity contribution in [1.82, 2.24) is 4.90 Å². The minimum Gasteiger partial charge on any atom is -0.349 e. The Balaban J connectivity index is 1.88. The van der Waals surface area contributed by atoms with Gasteiger partial charge in [-0.1, -0.05) is 28.1 Å². The number of hydrogen-bond donors (Lipinski definition) is 0. The molecule has 4 aliphatic rings. The lowest BCUT2D eigenvalue weighted by Gasteiger charge is -2.46. The second-order valence-corrected chi connectivity index (χ2v) is 7.47. The van der Waals surface area contributed by atoms with E-state index in [1.165, 1.54) is 0 Å². The van der Waals surface area contributed by atoms with Crippen molar-refractivity contribution in [2.24, 2.45) is 40.9 Å². The minimum atomic E-state index is -0.433. The van der Waals surface area contributed by atoms with Crippen LogP contribution in [-0.2, 0) is 9.59 Å². The number of halogens is 1. The molecule has 0 spiro atoms. The lowest BCUT2D eigenvalue weighted by atomic mass is 9.57. The molecule has 2 bridgehead atoms. The van der Waals surface area contributed by atoms with E-state index in [0.717, 1.165) is 12.0 Å². The van der Waals surface area contributed by atoms with Crippen LogP contribution in [-0.4, -0.2) is 36.0 Å². The highest BCUT2D eigenvalue weighted by Crippen LogP contribution is 2.79. The molecule has 4 rings (SSSR count). The monoisotopic (exact) mass is 323 g/mol. The fraction of sp³-hybridized carbons (Fsp3) is 0.733. The van der Waals surface area contributed by atoms with Gasteiger partial charge in [-0.25, -0.2) is 0 Å². The molecule has 4 heteroatoms. The third-order valence-electron chi connectivity index (χ3n) is 6.39. The molecule has 0 radical (unpaired) electrons. The predicted octanol–water partition coefficient (Wildman–Crippen LogP) is 1.72. The molecule has 3 nitrogen and oxygen atoms in total. The summed E-state index contributed by atoms with van der Waals surface area (Å²) in [5.41, 5.74) is 0.691. The first-order valence-electron chi connectivity index (χ1n) is 6.97. The molecular formula is C15H18BrNO2. The largest absolute Gasteiger partial charge is 0.349 e. The van der Waals surface area contributed by atoms with Crippen LogP contribution in [0.4, 0.5) is 0 Å². The average molecular weight is 324 g/mol. The summed E-state index contributed by atoms with van der Waals surface area (Å²) in [5.74, 6) is 2.12. The maximum absolute atomic E-state index is 12.9. The minimum absolute atomic E-state index is 0.0671. The zero-order chi connectivity index (χ0) is 13.7.